The predicted octanol–water partition coefficient (Wildman–Crippen LogP) is 6.30. The van der Waals surface area contributed by atoms with E-state index in [4.69, 9.17) is 16.6 Å². The fourth-order valence-electron chi connectivity index (χ4n) is 5.98. The molecule has 2 aliphatic carbocycles. The number of anilines is 1. The average molecular weight is 595 g/mol. The molecular weight excluding hydrogens is 564 g/mol. The molecule has 3 aromatic rings. The minimum Gasteiger partial charge on any atom is -0.369 e. The Morgan fingerprint density at radius 1 is 1.10 bits per heavy atom. The molecule has 0 radical (unpaired) electrons. The van der Waals surface area contributed by atoms with Crippen LogP contribution in [0.1, 0.15) is 56.6 Å². The van der Waals surface area contributed by atoms with Gasteiger partial charge in [-0.2, -0.15) is 5.26 Å². The summed E-state index contributed by atoms with van der Waals surface area (Å²) in [4.78, 5) is 26.3. The van der Waals surface area contributed by atoms with Gasteiger partial charge in [0.1, 0.15) is 10.8 Å². The van der Waals surface area contributed by atoms with Crippen molar-refractivity contribution in [2.75, 3.05) is 29.5 Å². The van der Waals surface area contributed by atoms with Crippen LogP contribution in [0.4, 0.5) is 5.69 Å². The van der Waals surface area contributed by atoms with Gasteiger partial charge in [-0.15, -0.1) is 11.3 Å². The number of ketones is 1. The Labute approximate surface area is 244 Å². The van der Waals surface area contributed by atoms with Crippen LogP contribution in [0, 0.1) is 22.7 Å². The number of Topliss-reactive ketones (excluding diaryl/α,β-unsaturated/α-hetero) is 1. The van der Waals surface area contributed by atoms with Gasteiger partial charge in [-0.25, -0.2) is 13.4 Å². The summed E-state index contributed by atoms with van der Waals surface area (Å²) >= 11 is 7.67. The summed E-state index contributed by atoms with van der Waals surface area (Å²) in [5, 5.41) is 11.0. The highest BCUT2D eigenvalue weighted by molar-refractivity contribution is 7.91. The van der Waals surface area contributed by atoms with Crippen LogP contribution >= 0.6 is 22.9 Å². The highest BCUT2D eigenvalue weighted by Crippen LogP contribution is 2.51. The molecule has 7 nitrogen and oxygen atoms in total. The highest BCUT2D eigenvalue weighted by atomic mass is 35.5. The molecule has 1 aliphatic heterocycles. The molecule has 0 unspecified atom stereocenters. The lowest BCUT2D eigenvalue weighted by atomic mass is 9.73. The van der Waals surface area contributed by atoms with Crippen LogP contribution in [0.2, 0.25) is 5.02 Å². The number of rotatable bonds is 7. The molecule has 2 aromatic heterocycles. The van der Waals surface area contributed by atoms with E-state index >= 15 is 0 Å². The molecule has 10 heteroatoms. The normalized spacial score (nSPS) is 23.4. The number of carbonyl (C=O) groups excluding carboxylic acids is 1. The van der Waals surface area contributed by atoms with Gasteiger partial charge in [-0.05, 0) is 55.5 Å². The van der Waals surface area contributed by atoms with Crippen molar-refractivity contribution in [3.63, 3.8) is 0 Å². The Hall–Kier alpha value is -2.80. The molecule has 0 bridgehead atoms. The van der Waals surface area contributed by atoms with E-state index in [1.165, 1.54) is 0 Å². The van der Waals surface area contributed by atoms with E-state index in [0.29, 0.717) is 24.5 Å². The maximum atomic E-state index is 13.6. The average Bonchev–Trinajstić information content (AvgIpc) is 3.60. The fraction of sp³-hybridized carbons (Fsp3) is 0.467. The van der Waals surface area contributed by atoms with Crippen LogP contribution in [-0.2, 0) is 14.6 Å². The van der Waals surface area contributed by atoms with Crippen LogP contribution in [0.5, 0.6) is 0 Å². The number of carbonyl (C=O) groups is 1. The highest BCUT2D eigenvalue weighted by Gasteiger charge is 2.47. The molecule has 2 saturated carbocycles. The molecule has 40 heavy (non-hydrogen) atoms. The van der Waals surface area contributed by atoms with Crippen molar-refractivity contribution in [1.29, 1.82) is 5.26 Å². The Kier molecular flexibility index (Phi) is 7.45. The minimum absolute atomic E-state index is 0.00461. The molecular formula is C30H31ClN4O3S2. The van der Waals surface area contributed by atoms with Crippen LogP contribution in [0.25, 0.3) is 21.1 Å². The Balaban J connectivity index is 1.35. The number of nitrogens with zero attached hydrogens (tertiary/aromatic N) is 4. The van der Waals surface area contributed by atoms with Crippen molar-refractivity contribution in [2.24, 2.45) is 11.3 Å². The molecule has 0 amide bonds. The van der Waals surface area contributed by atoms with Crippen molar-refractivity contribution >= 4 is 44.2 Å². The number of nitriles is 1. The first-order valence-corrected chi connectivity index (χ1v) is 16.9. The van der Waals surface area contributed by atoms with E-state index in [9.17, 15) is 18.5 Å². The molecule has 208 valence electrons. The molecule has 1 aromatic carbocycles. The van der Waals surface area contributed by atoms with Gasteiger partial charge in [0.25, 0.3) is 0 Å². The Morgan fingerprint density at radius 2 is 1.82 bits per heavy atom. The van der Waals surface area contributed by atoms with Gasteiger partial charge >= 0.3 is 0 Å². The zero-order chi connectivity index (χ0) is 27.9. The zero-order valence-electron chi connectivity index (χ0n) is 22.2. The van der Waals surface area contributed by atoms with Gasteiger partial charge in [-0.1, -0.05) is 36.6 Å². The quantitative estimate of drug-likeness (QED) is 0.316. The monoisotopic (exact) mass is 594 g/mol. The lowest BCUT2D eigenvalue weighted by molar-refractivity contribution is -0.125. The lowest BCUT2D eigenvalue weighted by Crippen LogP contribution is -2.40. The number of halogens is 1. The van der Waals surface area contributed by atoms with Crippen molar-refractivity contribution in [3.05, 3.63) is 53.3 Å². The largest absolute Gasteiger partial charge is 0.369 e. The third kappa shape index (κ3) is 5.67. The van der Waals surface area contributed by atoms with Gasteiger partial charge in [-0.3, -0.25) is 9.78 Å². The fourth-order valence-corrected chi connectivity index (χ4v) is 8.41. The van der Waals surface area contributed by atoms with E-state index in [1.807, 2.05) is 24.3 Å². The number of thiazole rings is 1. The summed E-state index contributed by atoms with van der Waals surface area (Å²) in [5.41, 5.74) is 3.25. The Bertz CT molecular complexity index is 1540. The zero-order valence-corrected chi connectivity index (χ0v) is 24.6. The topological polar surface area (TPSA) is 104 Å². The molecule has 0 spiro atoms. The van der Waals surface area contributed by atoms with E-state index < -0.39 is 15.3 Å². The van der Waals surface area contributed by atoms with Crippen LogP contribution in [0.15, 0.2) is 42.6 Å². The van der Waals surface area contributed by atoms with Crippen molar-refractivity contribution in [2.45, 2.75) is 50.9 Å². The van der Waals surface area contributed by atoms with Gasteiger partial charge in [0.05, 0.1) is 44.3 Å². The van der Waals surface area contributed by atoms with Crippen LogP contribution < -0.4 is 4.90 Å². The molecule has 6 rings (SSSR count). The van der Waals surface area contributed by atoms with Crippen molar-refractivity contribution in [1.82, 2.24) is 9.97 Å². The van der Waals surface area contributed by atoms with Gasteiger partial charge in [0, 0.05) is 43.2 Å². The van der Waals surface area contributed by atoms with Gasteiger partial charge in [0.15, 0.2) is 9.84 Å². The number of hydrogen-bond acceptors (Lipinski definition) is 8. The van der Waals surface area contributed by atoms with Crippen LogP contribution in [0.3, 0.4) is 0 Å². The third-order valence-corrected chi connectivity index (χ3v) is 11.5. The summed E-state index contributed by atoms with van der Waals surface area (Å²) < 4.78 is 23.8. The molecule has 3 fully saturated rings. The number of hydrogen-bond donors (Lipinski definition) is 0. The second-order valence-corrected chi connectivity index (χ2v) is 15.1. The van der Waals surface area contributed by atoms with E-state index in [-0.39, 0.29) is 29.1 Å². The molecule has 3 aliphatic rings. The number of pyridine rings is 1. The first-order chi connectivity index (χ1) is 19.3. The van der Waals surface area contributed by atoms with Gasteiger partial charge < -0.3 is 4.90 Å². The van der Waals surface area contributed by atoms with Crippen molar-refractivity contribution in [3.8, 4) is 27.2 Å². The minimum atomic E-state index is -2.95. The SMILES string of the molecule is N#CC1(CC(=O)[C@@H]2CCCC[C@H]2c2nc(-c3ccc(Cl)cn3)sc2-c2ccc(N3CCS(=O)(=O)CC3)cc2)CC1. The van der Waals surface area contributed by atoms with E-state index in [1.54, 1.807) is 17.5 Å². The van der Waals surface area contributed by atoms with E-state index in [2.05, 4.69) is 28.1 Å². The summed E-state index contributed by atoms with van der Waals surface area (Å²) in [6.45, 7) is 0.992. The summed E-state index contributed by atoms with van der Waals surface area (Å²) in [6.07, 6.45) is 7.36. The predicted molar refractivity (Wildman–Crippen MR) is 158 cm³/mol. The third-order valence-electron chi connectivity index (χ3n) is 8.57. The standard InChI is InChI=1S/C30H31ClN4O3S2/c31-21-7-10-25(33-18-21)29-34-27(24-4-2-1-3-23(24)26(36)17-30(19-32)11-12-30)28(39-29)20-5-8-22(9-6-20)35-13-15-40(37,38)16-14-35/h5-10,18,23-24H,1-4,11-17H2/t23-,24-/m1/s1. The lowest BCUT2D eigenvalue weighted by Gasteiger charge is -2.31. The number of sulfone groups is 1. The van der Waals surface area contributed by atoms with E-state index in [0.717, 1.165) is 71.0 Å². The summed E-state index contributed by atoms with van der Waals surface area (Å²) in [5.74, 6) is 0.408. The second-order valence-electron chi connectivity index (χ2n) is 11.3. The second kappa shape index (κ2) is 10.9. The molecule has 3 heterocycles. The number of benzene rings is 1. The molecule has 2 atom stereocenters. The maximum absolute atomic E-state index is 13.6. The Morgan fingerprint density at radius 3 is 2.48 bits per heavy atom. The van der Waals surface area contributed by atoms with Crippen molar-refractivity contribution < 1.29 is 13.2 Å². The van der Waals surface area contributed by atoms with Gasteiger partial charge in [0.2, 0.25) is 0 Å². The summed E-state index contributed by atoms with van der Waals surface area (Å²) in [6, 6.07) is 14.3. The summed E-state index contributed by atoms with van der Waals surface area (Å²) in [7, 11) is -2.95. The molecule has 0 N–H and O–H groups in total. The maximum Gasteiger partial charge on any atom is 0.153 e. The first-order valence-electron chi connectivity index (χ1n) is 13.9. The smallest absolute Gasteiger partial charge is 0.153 e. The molecule has 1 saturated heterocycles. The van der Waals surface area contributed by atoms with Crippen LogP contribution in [-0.4, -0.2) is 48.8 Å². The number of aromatic nitrogens is 2. The first kappa shape index (κ1) is 27.4.